The fraction of sp³-hybridized carbons (Fsp3) is 0.300. The Morgan fingerprint density at radius 3 is 2.38 bits per heavy atom. The number of methoxy groups -OCH3 is 1. The summed E-state index contributed by atoms with van der Waals surface area (Å²) in [7, 11) is 1.10. The lowest BCUT2D eigenvalue weighted by molar-refractivity contribution is -0.142. The summed E-state index contributed by atoms with van der Waals surface area (Å²) in [6.07, 6.45) is 0. The van der Waals surface area contributed by atoms with Crippen molar-refractivity contribution >= 4 is 5.97 Å². The molecule has 0 heterocycles. The van der Waals surface area contributed by atoms with Crippen molar-refractivity contribution in [2.24, 2.45) is 5.73 Å². The highest BCUT2D eigenvalue weighted by molar-refractivity contribution is 5.78. The van der Waals surface area contributed by atoms with Crippen LogP contribution in [-0.4, -0.2) is 19.6 Å². The smallest absolute Gasteiger partial charge is 0.314 e. The number of benzene rings is 1. The van der Waals surface area contributed by atoms with Crippen LogP contribution in [0, 0.1) is 17.5 Å². The van der Waals surface area contributed by atoms with E-state index in [1.807, 2.05) is 0 Å². The fourth-order valence-corrected chi connectivity index (χ4v) is 1.30. The Morgan fingerprint density at radius 2 is 1.88 bits per heavy atom. The first kappa shape index (κ1) is 12.5. The first-order chi connectivity index (χ1) is 7.51. The molecular formula is C10H10F3NO2. The van der Waals surface area contributed by atoms with Gasteiger partial charge in [0, 0.05) is 18.2 Å². The largest absolute Gasteiger partial charge is 0.469 e. The van der Waals surface area contributed by atoms with Gasteiger partial charge in [-0.3, -0.25) is 4.79 Å². The number of nitrogens with two attached hydrogens (primary N) is 1. The second-order valence-corrected chi connectivity index (χ2v) is 3.10. The maximum Gasteiger partial charge on any atom is 0.314 e. The van der Waals surface area contributed by atoms with Gasteiger partial charge in [0.15, 0.2) is 11.6 Å². The average Bonchev–Trinajstić information content (AvgIpc) is 2.26. The molecule has 0 bridgehead atoms. The van der Waals surface area contributed by atoms with Crippen LogP contribution < -0.4 is 5.73 Å². The number of carbonyl (C=O) groups is 1. The van der Waals surface area contributed by atoms with Crippen molar-refractivity contribution in [3.63, 3.8) is 0 Å². The normalized spacial score (nSPS) is 12.3. The Balaban J connectivity index is 3.20. The molecule has 0 aliphatic heterocycles. The number of carbonyl (C=O) groups excluding carboxylic acids is 1. The maximum atomic E-state index is 13.3. The second-order valence-electron chi connectivity index (χ2n) is 3.10. The average molecular weight is 233 g/mol. The molecule has 1 atom stereocenters. The first-order valence-corrected chi connectivity index (χ1v) is 4.43. The van der Waals surface area contributed by atoms with Crippen LogP contribution in [0.2, 0.25) is 0 Å². The molecule has 3 nitrogen and oxygen atoms in total. The lowest BCUT2D eigenvalue weighted by atomic mass is 9.98. The van der Waals surface area contributed by atoms with Gasteiger partial charge >= 0.3 is 5.97 Å². The zero-order chi connectivity index (χ0) is 12.3. The van der Waals surface area contributed by atoms with Gasteiger partial charge in [0.2, 0.25) is 0 Å². The van der Waals surface area contributed by atoms with E-state index in [1.54, 1.807) is 0 Å². The lowest BCUT2D eigenvalue weighted by Gasteiger charge is -2.13. The van der Waals surface area contributed by atoms with E-state index in [0.29, 0.717) is 12.1 Å². The van der Waals surface area contributed by atoms with Gasteiger partial charge < -0.3 is 10.5 Å². The predicted molar refractivity (Wildman–Crippen MR) is 50.1 cm³/mol. The summed E-state index contributed by atoms with van der Waals surface area (Å²) < 4.78 is 43.2. The summed E-state index contributed by atoms with van der Waals surface area (Å²) in [5, 5.41) is 0. The van der Waals surface area contributed by atoms with E-state index in [4.69, 9.17) is 5.73 Å². The summed E-state index contributed by atoms with van der Waals surface area (Å²) in [4.78, 5) is 11.2. The fourth-order valence-electron chi connectivity index (χ4n) is 1.30. The van der Waals surface area contributed by atoms with E-state index in [1.165, 1.54) is 0 Å². The van der Waals surface area contributed by atoms with Gasteiger partial charge in [0.1, 0.15) is 5.82 Å². The molecule has 0 spiro atoms. The maximum absolute atomic E-state index is 13.3. The zero-order valence-electron chi connectivity index (χ0n) is 8.47. The monoisotopic (exact) mass is 233 g/mol. The van der Waals surface area contributed by atoms with Gasteiger partial charge in [-0.25, -0.2) is 13.2 Å². The van der Waals surface area contributed by atoms with Gasteiger partial charge in [-0.2, -0.15) is 0 Å². The van der Waals surface area contributed by atoms with E-state index in [2.05, 4.69) is 4.74 Å². The SMILES string of the molecule is COC(=O)C(CN)c1cc(F)c(F)cc1F. The summed E-state index contributed by atoms with van der Waals surface area (Å²) in [5.74, 6) is -5.52. The van der Waals surface area contributed by atoms with Crippen molar-refractivity contribution < 1.29 is 22.7 Å². The summed E-state index contributed by atoms with van der Waals surface area (Å²) in [5.41, 5.74) is 4.94. The molecule has 1 aromatic carbocycles. The summed E-state index contributed by atoms with van der Waals surface area (Å²) in [6.45, 7) is -0.255. The number of hydrogen-bond donors (Lipinski definition) is 1. The van der Waals surface area contributed by atoms with Crippen molar-refractivity contribution in [3.8, 4) is 0 Å². The van der Waals surface area contributed by atoms with Crippen molar-refractivity contribution in [3.05, 3.63) is 35.1 Å². The minimum atomic E-state index is -1.32. The summed E-state index contributed by atoms with van der Waals surface area (Å²) >= 11 is 0. The molecule has 1 rings (SSSR count). The van der Waals surface area contributed by atoms with Crippen LogP contribution in [-0.2, 0) is 9.53 Å². The molecule has 0 fully saturated rings. The van der Waals surface area contributed by atoms with E-state index >= 15 is 0 Å². The van der Waals surface area contributed by atoms with Crippen LogP contribution in [0.15, 0.2) is 12.1 Å². The lowest BCUT2D eigenvalue weighted by Crippen LogP contribution is -2.24. The molecule has 1 aromatic rings. The van der Waals surface area contributed by atoms with Crippen LogP contribution in [0.5, 0.6) is 0 Å². The number of halogens is 3. The zero-order valence-corrected chi connectivity index (χ0v) is 8.47. The molecule has 1 unspecified atom stereocenters. The first-order valence-electron chi connectivity index (χ1n) is 4.43. The van der Waals surface area contributed by atoms with Crippen LogP contribution in [0.1, 0.15) is 11.5 Å². The predicted octanol–water partition coefficient (Wildman–Crippen LogP) is 1.32. The van der Waals surface area contributed by atoms with Crippen molar-refractivity contribution in [1.29, 1.82) is 0 Å². The second kappa shape index (κ2) is 4.98. The Kier molecular flexibility index (Phi) is 3.89. The highest BCUT2D eigenvalue weighted by Gasteiger charge is 2.24. The van der Waals surface area contributed by atoms with Gasteiger partial charge in [0.25, 0.3) is 0 Å². The topological polar surface area (TPSA) is 52.3 Å². The molecule has 0 radical (unpaired) electrons. The van der Waals surface area contributed by atoms with E-state index < -0.39 is 29.3 Å². The molecule has 0 aliphatic rings. The van der Waals surface area contributed by atoms with Crippen LogP contribution >= 0.6 is 0 Å². The molecule has 2 N–H and O–H groups in total. The van der Waals surface area contributed by atoms with Crippen molar-refractivity contribution in [1.82, 2.24) is 0 Å². The third kappa shape index (κ3) is 2.33. The van der Waals surface area contributed by atoms with Crippen LogP contribution in [0.4, 0.5) is 13.2 Å². The molecule has 0 amide bonds. The Hall–Kier alpha value is -1.56. The van der Waals surface area contributed by atoms with Gasteiger partial charge in [-0.1, -0.05) is 0 Å². The quantitative estimate of drug-likeness (QED) is 0.632. The minimum Gasteiger partial charge on any atom is -0.469 e. The van der Waals surface area contributed by atoms with Crippen molar-refractivity contribution in [2.45, 2.75) is 5.92 Å². The Morgan fingerprint density at radius 1 is 1.31 bits per heavy atom. The summed E-state index contributed by atoms with van der Waals surface area (Å²) in [6, 6.07) is 0.982. The number of esters is 1. The van der Waals surface area contributed by atoms with Crippen molar-refractivity contribution in [2.75, 3.05) is 13.7 Å². The molecule has 0 aromatic heterocycles. The van der Waals surface area contributed by atoms with E-state index in [0.717, 1.165) is 7.11 Å². The van der Waals surface area contributed by atoms with Gasteiger partial charge in [-0.15, -0.1) is 0 Å². The number of rotatable bonds is 3. The van der Waals surface area contributed by atoms with Crippen LogP contribution in [0.3, 0.4) is 0 Å². The third-order valence-corrected chi connectivity index (χ3v) is 2.14. The van der Waals surface area contributed by atoms with E-state index in [-0.39, 0.29) is 12.1 Å². The molecule has 16 heavy (non-hydrogen) atoms. The minimum absolute atomic E-state index is 0.255. The highest BCUT2D eigenvalue weighted by Crippen LogP contribution is 2.22. The molecule has 0 saturated heterocycles. The van der Waals surface area contributed by atoms with E-state index in [9.17, 15) is 18.0 Å². The molecule has 0 saturated carbocycles. The standard InChI is InChI=1S/C10H10F3NO2/c1-16-10(15)6(4-14)5-2-8(12)9(13)3-7(5)11/h2-3,6H,4,14H2,1H3. The molecule has 0 aliphatic carbocycles. The highest BCUT2D eigenvalue weighted by atomic mass is 19.2. The van der Waals surface area contributed by atoms with Crippen LogP contribution in [0.25, 0.3) is 0 Å². The molecule has 6 heteroatoms. The molecular weight excluding hydrogens is 223 g/mol. The Labute approximate surface area is 90.0 Å². The number of ether oxygens (including phenoxy) is 1. The number of hydrogen-bond acceptors (Lipinski definition) is 3. The third-order valence-electron chi connectivity index (χ3n) is 2.14. The Bertz CT molecular complexity index is 409. The van der Waals surface area contributed by atoms with Gasteiger partial charge in [-0.05, 0) is 6.07 Å². The molecule has 88 valence electrons. The van der Waals surface area contributed by atoms with Gasteiger partial charge in [0.05, 0.1) is 13.0 Å².